The number of piperidine rings is 1. The van der Waals surface area contributed by atoms with E-state index in [1.165, 1.54) is 25.9 Å². The molecule has 1 aliphatic rings. The number of rotatable bonds is 6. The van der Waals surface area contributed by atoms with E-state index in [1.54, 1.807) is 0 Å². The summed E-state index contributed by atoms with van der Waals surface area (Å²) in [5.41, 5.74) is 5.64. The lowest BCUT2D eigenvalue weighted by Crippen LogP contribution is -2.41. The van der Waals surface area contributed by atoms with Crippen molar-refractivity contribution >= 4 is 0 Å². The standard InChI is InChI=1S/C12H26N2O/c1-3-14-9-5-6-11(10-14)12(7-8-13)15-4-2/h11-12H,3-10,13H2,1-2H3. The highest BCUT2D eigenvalue weighted by molar-refractivity contribution is 4.79. The van der Waals surface area contributed by atoms with Crippen LogP contribution in [0.15, 0.2) is 0 Å². The second kappa shape index (κ2) is 7.20. The maximum absolute atomic E-state index is 5.81. The van der Waals surface area contributed by atoms with Gasteiger partial charge in [-0.2, -0.15) is 0 Å². The van der Waals surface area contributed by atoms with E-state index in [9.17, 15) is 0 Å². The molecule has 2 unspecified atom stereocenters. The van der Waals surface area contributed by atoms with E-state index < -0.39 is 0 Å². The molecule has 0 aromatic carbocycles. The Balaban J connectivity index is 2.42. The van der Waals surface area contributed by atoms with Crippen molar-refractivity contribution in [2.75, 3.05) is 32.8 Å². The molecule has 0 radical (unpaired) electrons. The Bertz CT molecular complexity index is 158. The first kappa shape index (κ1) is 12.9. The molecule has 0 bridgehead atoms. The molecule has 0 saturated carbocycles. The number of nitrogens with zero attached hydrogens (tertiary/aromatic N) is 1. The fraction of sp³-hybridized carbons (Fsp3) is 1.00. The minimum absolute atomic E-state index is 0.384. The van der Waals surface area contributed by atoms with Crippen LogP contribution in [0.5, 0.6) is 0 Å². The Hall–Kier alpha value is -0.120. The van der Waals surface area contributed by atoms with Crippen molar-refractivity contribution in [3.05, 3.63) is 0 Å². The highest BCUT2D eigenvalue weighted by Crippen LogP contribution is 2.23. The van der Waals surface area contributed by atoms with Crippen LogP contribution in [0.25, 0.3) is 0 Å². The number of likely N-dealkylation sites (tertiary alicyclic amines) is 1. The zero-order chi connectivity index (χ0) is 11.1. The summed E-state index contributed by atoms with van der Waals surface area (Å²) in [6.07, 6.45) is 4.01. The average molecular weight is 214 g/mol. The molecule has 90 valence electrons. The maximum Gasteiger partial charge on any atom is 0.0627 e. The second-order valence-corrected chi connectivity index (χ2v) is 4.37. The smallest absolute Gasteiger partial charge is 0.0627 e. The Morgan fingerprint density at radius 3 is 2.87 bits per heavy atom. The summed E-state index contributed by atoms with van der Waals surface area (Å²) >= 11 is 0. The summed E-state index contributed by atoms with van der Waals surface area (Å²) in [4.78, 5) is 2.52. The molecule has 0 aliphatic carbocycles. The van der Waals surface area contributed by atoms with Gasteiger partial charge in [0.2, 0.25) is 0 Å². The van der Waals surface area contributed by atoms with Gasteiger partial charge in [0.05, 0.1) is 6.10 Å². The Labute approximate surface area is 94.0 Å². The van der Waals surface area contributed by atoms with Crippen molar-refractivity contribution in [3.63, 3.8) is 0 Å². The maximum atomic E-state index is 5.81. The SMILES string of the molecule is CCOC(CCN)C1CCCN(CC)C1. The van der Waals surface area contributed by atoms with Crippen LogP contribution in [-0.2, 0) is 4.74 Å². The highest BCUT2D eigenvalue weighted by Gasteiger charge is 2.26. The molecule has 0 aromatic rings. The molecule has 3 nitrogen and oxygen atoms in total. The minimum atomic E-state index is 0.384. The van der Waals surface area contributed by atoms with E-state index in [0.717, 1.165) is 26.1 Å². The van der Waals surface area contributed by atoms with Crippen LogP contribution >= 0.6 is 0 Å². The molecule has 1 rings (SSSR count). The molecule has 15 heavy (non-hydrogen) atoms. The van der Waals surface area contributed by atoms with Gasteiger partial charge in [-0.05, 0) is 51.7 Å². The first-order valence-electron chi connectivity index (χ1n) is 6.35. The zero-order valence-electron chi connectivity index (χ0n) is 10.2. The summed E-state index contributed by atoms with van der Waals surface area (Å²) in [5.74, 6) is 0.696. The molecule has 3 heteroatoms. The molecule has 2 atom stereocenters. The molecular formula is C12H26N2O. The van der Waals surface area contributed by atoms with Crippen LogP contribution < -0.4 is 5.73 Å². The van der Waals surface area contributed by atoms with Crippen molar-refractivity contribution in [1.82, 2.24) is 4.90 Å². The van der Waals surface area contributed by atoms with Gasteiger partial charge >= 0.3 is 0 Å². The summed E-state index contributed by atoms with van der Waals surface area (Å²) < 4.78 is 5.81. The van der Waals surface area contributed by atoms with Gasteiger partial charge in [-0.3, -0.25) is 0 Å². The molecule has 0 spiro atoms. The topological polar surface area (TPSA) is 38.5 Å². The van der Waals surface area contributed by atoms with E-state index >= 15 is 0 Å². The van der Waals surface area contributed by atoms with Gasteiger partial charge in [-0.25, -0.2) is 0 Å². The predicted octanol–water partition coefficient (Wildman–Crippen LogP) is 1.47. The van der Waals surface area contributed by atoms with Gasteiger partial charge < -0.3 is 15.4 Å². The van der Waals surface area contributed by atoms with E-state index in [2.05, 4.69) is 18.7 Å². The highest BCUT2D eigenvalue weighted by atomic mass is 16.5. The van der Waals surface area contributed by atoms with E-state index in [4.69, 9.17) is 10.5 Å². The third kappa shape index (κ3) is 4.09. The summed E-state index contributed by atoms with van der Waals surface area (Å²) in [7, 11) is 0. The van der Waals surface area contributed by atoms with Gasteiger partial charge in [0.1, 0.15) is 0 Å². The van der Waals surface area contributed by atoms with E-state index in [-0.39, 0.29) is 0 Å². The first-order valence-corrected chi connectivity index (χ1v) is 6.35. The van der Waals surface area contributed by atoms with Crippen molar-refractivity contribution < 1.29 is 4.74 Å². The van der Waals surface area contributed by atoms with Crippen molar-refractivity contribution in [2.24, 2.45) is 11.7 Å². The average Bonchev–Trinajstić information content (AvgIpc) is 2.29. The molecule has 1 saturated heterocycles. The molecule has 2 N–H and O–H groups in total. The van der Waals surface area contributed by atoms with Crippen LogP contribution in [0.2, 0.25) is 0 Å². The third-order valence-corrected chi connectivity index (χ3v) is 3.35. The van der Waals surface area contributed by atoms with Gasteiger partial charge in [-0.1, -0.05) is 6.92 Å². The van der Waals surface area contributed by atoms with Gasteiger partial charge in [-0.15, -0.1) is 0 Å². The van der Waals surface area contributed by atoms with Crippen LogP contribution in [0.1, 0.15) is 33.1 Å². The molecule has 1 aliphatic heterocycles. The van der Waals surface area contributed by atoms with Crippen LogP contribution in [0.4, 0.5) is 0 Å². The van der Waals surface area contributed by atoms with E-state index in [1.807, 2.05) is 0 Å². The van der Waals surface area contributed by atoms with Crippen LogP contribution in [0.3, 0.4) is 0 Å². The second-order valence-electron chi connectivity index (χ2n) is 4.37. The molecule has 1 heterocycles. The number of hydrogen-bond donors (Lipinski definition) is 1. The zero-order valence-corrected chi connectivity index (χ0v) is 10.2. The number of hydrogen-bond acceptors (Lipinski definition) is 3. The normalized spacial score (nSPS) is 25.4. The summed E-state index contributed by atoms with van der Waals surface area (Å²) in [6, 6.07) is 0. The molecular weight excluding hydrogens is 188 g/mol. The van der Waals surface area contributed by atoms with Gasteiger partial charge in [0, 0.05) is 13.2 Å². The molecule has 1 fully saturated rings. The van der Waals surface area contributed by atoms with Crippen molar-refractivity contribution in [3.8, 4) is 0 Å². The van der Waals surface area contributed by atoms with Gasteiger partial charge in [0.25, 0.3) is 0 Å². The lowest BCUT2D eigenvalue weighted by molar-refractivity contribution is -0.0106. The summed E-state index contributed by atoms with van der Waals surface area (Å²) in [6.45, 7) is 9.49. The lowest BCUT2D eigenvalue weighted by atomic mass is 9.90. The van der Waals surface area contributed by atoms with Gasteiger partial charge in [0.15, 0.2) is 0 Å². The molecule has 0 amide bonds. The Kier molecular flexibility index (Phi) is 6.22. The number of ether oxygens (including phenoxy) is 1. The van der Waals surface area contributed by atoms with Crippen LogP contribution in [-0.4, -0.2) is 43.8 Å². The lowest BCUT2D eigenvalue weighted by Gasteiger charge is -2.36. The Morgan fingerprint density at radius 1 is 1.47 bits per heavy atom. The predicted molar refractivity (Wildman–Crippen MR) is 63.9 cm³/mol. The fourth-order valence-corrected chi connectivity index (χ4v) is 2.52. The quantitative estimate of drug-likeness (QED) is 0.728. The van der Waals surface area contributed by atoms with Crippen molar-refractivity contribution in [2.45, 2.75) is 39.2 Å². The molecule has 0 aromatic heterocycles. The van der Waals surface area contributed by atoms with Crippen LogP contribution in [0, 0.1) is 5.92 Å². The van der Waals surface area contributed by atoms with E-state index in [0.29, 0.717) is 12.0 Å². The Morgan fingerprint density at radius 2 is 2.27 bits per heavy atom. The minimum Gasteiger partial charge on any atom is -0.378 e. The first-order chi connectivity index (χ1) is 7.31. The fourth-order valence-electron chi connectivity index (χ4n) is 2.52. The van der Waals surface area contributed by atoms with Crippen molar-refractivity contribution in [1.29, 1.82) is 0 Å². The summed E-state index contributed by atoms with van der Waals surface area (Å²) in [5, 5.41) is 0. The largest absolute Gasteiger partial charge is 0.378 e. The number of nitrogens with two attached hydrogens (primary N) is 1. The third-order valence-electron chi connectivity index (χ3n) is 3.35. The monoisotopic (exact) mass is 214 g/mol.